The van der Waals surface area contributed by atoms with Gasteiger partial charge in [0.25, 0.3) is 0 Å². The summed E-state index contributed by atoms with van der Waals surface area (Å²) >= 11 is 1.59. The summed E-state index contributed by atoms with van der Waals surface area (Å²) < 4.78 is 2.06. The third-order valence-corrected chi connectivity index (χ3v) is 5.63. The normalized spacial score (nSPS) is 15.0. The average Bonchev–Trinajstić information content (AvgIpc) is 3.24. The second-order valence-electron chi connectivity index (χ2n) is 6.36. The van der Waals surface area contributed by atoms with Crippen molar-refractivity contribution in [1.29, 1.82) is 0 Å². The van der Waals surface area contributed by atoms with Crippen LogP contribution in [0.15, 0.2) is 35.8 Å². The van der Waals surface area contributed by atoms with Crippen LogP contribution in [0.3, 0.4) is 0 Å². The number of piperazine rings is 1. The molecule has 1 saturated heterocycles. The summed E-state index contributed by atoms with van der Waals surface area (Å²) in [6.45, 7) is 5.51. The highest BCUT2D eigenvalue weighted by Gasteiger charge is 2.19. The van der Waals surface area contributed by atoms with Crippen LogP contribution in [0.2, 0.25) is 0 Å². The van der Waals surface area contributed by atoms with Crippen molar-refractivity contribution in [3.63, 3.8) is 0 Å². The summed E-state index contributed by atoms with van der Waals surface area (Å²) in [7, 11) is 0. The Labute approximate surface area is 151 Å². The zero-order valence-electron chi connectivity index (χ0n) is 14.4. The van der Waals surface area contributed by atoms with Crippen LogP contribution < -0.4 is 5.32 Å². The lowest BCUT2D eigenvalue weighted by molar-refractivity contribution is -0.131. The first-order valence-corrected chi connectivity index (χ1v) is 9.66. The highest BCUT2D eigenvalue weighted by Crippen LogP contribution is 2.24. The SMILES string of the molecule is CCc1ccc(-c2cn3c(CC(=O)N4CCNCC4)csc3n2)cc1. The zero-order valence-corrected chi connectivity index (χ0v) is 15.2. The summed E-state index contributed by atoms with van der Waals surface area (Å²) in [5.74, 6) is 0.198. The van der Waals surface area contributed by atoms with Crippen molar-refractivity contribution in [1.82, 2.24) is 19.6 Å². The van der Waals surface area contributed by atoms with Gasteiger partial charge in [0, 0.05) is 49.0 Å². The quantitative estimate of drug-likeness (QED) is 0.783. The van der Waals surface area contributed by atoms with Crippen molar-refractivity contribution in [2.24, 2.45) is 0 Å². The molecule has 0 aliphatic carbocycles. The van der Waals surface area contributed by atoms with E-state index in [4.69, 9.17) is 4.98 Å². The van der Waals surface area contributed by atoms with E-state index in [-0.39, 0.29) is 5.91 Å². The van der Waals surface area contributed by atoms with Crippen LogP contribution >= 0.6 is 11.3 Å². The lowest BCUT2D eigenvalue weighted by Crippen LogP contribution is -2.47. The van der Waals surface area contributed by atoms with Crippen molar-refractivity contribution >= 4 is 22.2 Å². The molecule has 1 amide bonds. The number of fused-ring (bicyclic) bond motifs is 1. The van der Waals surface area contributed by atoms with E-state index >= 15 is 0 Å². The topological polar surface area (TPSA) is 49.6 Å². The molecule has 0 atom stereocenters. The number of carbonyl (C=O) groups excluding carboxylic acids is 1. The van der Waals surface area contributed by atoms with Crippen molar-refractivity contribution < 1.29 is 4.79 Å². The third-order valence-electron chi connectivity index (χ3n) is 4.74. The van der Waals surface area contributed by atoms with Gasteiger partial charge in [-0.2, -0.15) is 0 Å². The number of carbonyl (C=O) groups is 1. The third kappa shape index (κ3) is 3.32. The molecular weight excluding hydrogens is 332 g/mol. The van der Waals surface area contributed by atoms with Crippen molar-refractivity contribution in [2.75, 3.05) is 26.2 Å². The number of hydrogen-bond acceptors (Lipinski definition) is 4. The van der Waals surface area contributed by atoms with E-state index < -0.39 is 0 Å². The predicted octanol–water partition coefficient (Wildman–Crippen LogP) is 2.60. The fourth-order valence-electron chi connectivity index (χ4n) is 3.19. The summed E-state index contributed by atoms with van der Waals surface area (Å²) in [5.41, 5.74) is 4.43. The molecule has 3 aromatic rings. The number of nitrogens with one attached hydrogen (secondary N) is 1. The molecule has 0 unspecified atom stereocenters. The van der Waals surface area contributed by atoms with Gasteiger partial charge in [-0.1, -0.05) is 31.2 Å². The minimum absolute atomic E-state index is 0.198. The van der Waals surface area contributed by atoms with E-state index in [1.807, 2.05) is 16.5 Å². The minimum Gasteiger partial charge on any atom is -0.340 e. The van der Waals surface area contributed by atoms with Crippen molar-refractivity contribution in [3.8, 4) is 11.3 Å². The van der Waals surface area contributed by atoms with Gasteiger partial charge in [-0.05, 0) is 12.0 Å². The molecule has 4 rings (SSSR count). The first kappa shape index (κ1) is 16.3. The van der Waals surface area contributed by atoms with Gasteiger partial charge in [0.05, 0.1) is 12.1 Å². The number of rotatable bonds is 4. The van der Waals surface area contributed by atoms with Crippen LogP contribution in [-0.4, -0.2) is 46.4 Å². The zero-order chi connectivity index (χ0) is 17.2. The maximum absolute atomic E-state index is 12.5. The maximum Gasteiger partial charge on any atom is 0.228 e. The van der Waals surface area contributed by atoms with E-state index in [1.165, 1.54) is 5.56 Å². The van der Waals surface area contributed by atoms with Crippen LogP contribution in [0.1, 0.15) is 18.2 Å². The number of nitrogens with zero attached hydrogens (tertiary/aromatic N) is 3. The van der Waals surface area contributed by atoms with Crippen LogP contribution in [-0.2, 0) is 17.6 Å². The molecule has 25 heavy (non-hydrogen) atoms. The highest BCUT2D eigenvalue weighted by molar-refractivity contribution is 7.15. The molecule has 1 N–H and O–H groups in total. The van der Waals surface area contributed by atoms with Crippen LogP contribution in [0.4, 0.5) is 0 Å². The molecule has 0 saturated carbocycles. The number of aromatic nitrogens is 2. The van der Waals surface area contributed by atoms with Crippen molar-refractivity contribution in [3.05, 3.63) is 47.1 Å². The molecule has 0 spiro atoms. The monoisotopic (exact) mass is 354 g/mol. The molecule has 1 aromatic carbocycles. The lowest BCUT2D eigenvalue weighted by atomic mass is 10.1. The largest absolute Gasteiger partial charge is 0.340 e. The van der Waals surface area contributed by atoms with Gasteiger partial charge < -0.3 is 10.2 Å². The molecule has 130 valence electrons. The Morgan fingerprint density at radius 2 is 2.00 bits per heavy atom. The van der Waals surface area contributed by atoms with Gasteiger partial charge in [0.2, 0.25) is 5.91 Å². The highest BCUT2D eigenvalue weighted by atomic mass is 32.1. The number of hydrogen-bond donors (Lipinski definition) is 1. The first-order valence-electron chi connectivity index (χ1n) is 8.78. The van der Waals surface area contributed by atoms with Crippen LogP contribution in [0.5, 0.6) is 0 Å². The Morgan fingerprint density at radius 1 is 1.24 bits per heavy atom. The molecular formula is C19H22N4OS. The summed E-state index contributed by atoms with van der Waals surface area (Å²) in [6, 6.07) is 8.54. The molecule has 2 aromatic heterocycles. The predicted molar refractivity (Wildman–Crippen MR) is 101 cm³/mol. The van der Waals surface area contributed by atoms with Gasteiger partial charge in [0.15, 0.2) is 4.96 Å². The Bertz CT molecular complexity index is 875. The van der Waals surface area contributed by atoms with Crippen LogP contribution in [0, 0.1) is 0 Å². The lowest BCUT2D eigenvalue weighted by Gasteiger charge is -2.27. The summed E-state index contributed by atoms with van der Waals surface area (Å²) in [6.07, 6.45) is 3.52. The Kier molecular flexibility index (Phi) is 4.55. The average molecular weight is 354 g/mol. The minimum atomic E-state index is 0.198. The Hall–Kier alpha value is -2.18. The number of thiazole rings is 1. The standard InChI is InChI=1S/C19H22N4OS/c1-2-14-3-5-15(6-4-14)17-12-23-16(13-25-19(23)21-17)11-18(24)22-9-7-20-8-10-22/h3-6,12-13,20H,2,7-11H2,1H3. The molecule has 5 nitrogen and oxygen atoms in total. The Morgan fingerprint density at radius 3 is 2.72 bits per heavy atom. The second kappa shape index (κ2) is 6.98. The molecule has 3 heterocycles. The molecule has 0 radical (unpaired) electrons. The number of benzene rings is 1. The number of aryl methyl sites for hydroxylation is 1. The fraction of sp³-hybridized carbons (Fsp3) is 0.368. The summed E-state index contributed by atoms with van der Waals surface area (Å²) in [4.78, 5) is 20.1. The van der Waals surface area contributed by atoms with Crippen molar-refractivity contribution in [2.45, 2.75) is 19.8 Å². The summed E-state index contributed by atoms with van der Waals surface area (Å²) in [5, 5.41) is 5.33. The molecule has 6 heteroatoms. The smallest absolute Gasteiger partial charge is 0.228 e. The van der Waals surface area contributed by atoms with Gasteiger partial charge in [0.1, 0.15) is 0 Å². The van der Waals surface area contributed by atoms with E-state index in [2.05, 4.69) is 40.9 Å². The second-order valence-corrected chi connectivity index (χ2v) is 7.20. The molecule has 1 aliphatic rings. The van der Waals surface area contributed by atoms with Gasteiger partial charge in [-0.15, -0.1) is 11.3 Å². The van der Waals surface area contributed by atoms with E-state index in [0.717, 1.165) is 54.5 Å². The maximum atomic E-state index is 12.5. The number of imidazole rings is 1. The molecule has 1 fully saturated rings. The first-order chi connectivity index (χ1) is 12.2. The van der Waals surface area contributed by atoms with Gasteiger partial charge in [-0.25, -0.2) is 4.98 Å². The van der Waals surface area contributed by atoms with E-state index in [9.17, 15) is 4.79 Å². The Balaban J connectivity index is 1.56. The van der Waals surface area contributed by atoms with Crippen LogP contribution in [0.25, 0.3) is 16.2 Å². The van der Waals surface area contributed by atoms with E-state index in [1.54, 1.807) is 11.3 Å². The van der Waals surface area contributed by atoms with Gasteiger partial charge in [-0.3, -0.25) is 9.20 Å². The van der Waals surface area contributed by atoms with E-state index in [0.29, 0.717) is 6.42 Å². The number of amides is 1. The fourth-order valence-corrected chi connectivity index (χ4v) is 4.06. The molecule has 0 bridgehead atoms. The molecule has 1 aliphatic heterocycles. The van der Waals surface area contributed by atoms with Gasteiger partial charge >= 0.3 is 0 Å².